The van der Waals surface area contributed by atoms with Crippen molar-refractivity contribution in [2.75, 3.05) is 0 Å². The Labute approximate surface area is 137 Å². The van der Waals surface area contributed by atoms with Crippen molar-refractivity contribution < 1.29 is 10.2 Å². The maximum absolute atomic E-state index is 9.93. The third-order valence-electron chi connectivity index (χ3n) is 5.06. The van der Waals surface area contributed by atoms with Crippen LogP contribution >= 0.6 is 0 Å². The molecule has 3 rings (SSSR count). The Bertz CT molecular complexity index is 693. The fraction of sp³-hybridized carbons (Fsp3) is 0.238. The van der Waals surface area contributed by atoms with E-state index < -0.39 is 0 Å². The molecule has 2 nitrogen and oxygen atoms in total. The van der Waals surface area contributed by atoms with E-state index in [2.05, 4.69) is 13.2 Å². The fourth-order valence-corrected chi connectivity index (χ4v) is 3.75. The van der Waals surface area contributed by atoms with Gasteiger partial charge in [0, 0.05) is 16.5 Å². The standard InChI is InChI=1S/C21H22O2/c1-3-15-13-17(7-9-19(15)22)21(11-5-6-12-21)18-8-10-20(23)16(4-2)14-18/h3-4,7-10,13-14,22-23H,1-2,5-6,11-12H2. The Hall–Kier alpha value is -2.48. The molecule has 0 spiro atoms. The van der Waals surface area contributed by atoms with Crippen LogP contribution in [0.3, 0.4) is 0 Å². The largest absolute Gasteiger partial charge is 0.507 e. The zero-order valence-electron chi connectivity index (χ0n) is 13.3. The van der Waals surface area contributed by atoms with Crippen LogP contribution < -0.4 is 0 Å². The van der Waals surface area contributed by atoms with E-state index in [1.54, 1.807) is 24.3 Å². The first-order valence-electron chi connectivity index (χ1n) is 8.02. The summed E-state index contributed by atoms with van der Waals surface area (Å²) in [6.45, 7) is 7.58. The minimum Gasteiger partial charge on any atom is -0.507 e. The summed E-state index contributed by atoms with van der Waals surface area (Å²) in [5.74, 6) is 0.517. The van der Waals surface area contributed by atoms with Crippen molar-refractivity contribution in [2.45, 2.75) is 31.1 Å². The lowest BCUT2D eigenvalue weighted by atomic mass is 9.72. The molecule has 0 aliphatic heterocycles. The lowest BCUT2D eigenvalue weighted by molar-refractivity contribution is 0.470. The minimum atomic E-state index is -0.0725. The highest BCUT2D eigenvalue weighted by atomic mass is 16.3. The Kier molecular flexibility index (Phi) is 3.99. The number of hydrogen-bond acceptors (Lipinski definition) is 2. The van der Waals surface area contributed by atoms with Gasteiger partial charge in [-0.25, -0.2) is 0 Å². The molecule has 0 bridgehead atoms. The van der Waals surface area contributed by atoms with Gasteiger partial charge in [0.05, 0.1) is 0 Å². The third kappa shape index (κ3) is 2.55. The maximum atomic E-state index is 9.93. The topological polar surface area (TPSA) is 40.5 Å². The second kappa shape index (κ2) is 5.96. The summed E-state index contributed by atoms with van der Waals surface area (Å²) in [7, 11) is 0. The van der Waals surface area contributed by atoms with Gasteiger partial charge in [0.15, 0.2) is 0 Å². The summed E-state index contributed by atoms with van der Waals surface area (Å²) in [5, 5.41) is 19.9. The summed E-state index contributed by atoms with van der Waals surface area (Å²) < 4.78 is 0. The number of hydrogen-bond donors (Lipinski definition) is 2. The van der Waals surface area contributed by atoms with Gasteiger partial charge in [-0.3, -0.25) is 0 Å². The molecule has 2 aromatic carbocycles. The lowest BCUT2D eigenvalue weighted by Crippen LogP contribution is -2.24. The highest BCUT2D eigenvalue weighted by Crippen LogP contribution is 2.48. The molecule has 1 aliphatic rings. The van der Waals surface area contributed by atoms with Crippen molar-refractivity contribution in [3.8, 4) is 11.5 Å². The van der Waals surface area contributed by atoms with E-state index in [1.165, 1.54) is 24.0 Å². The van der Waals surface area contributed by atoms with Gasteiger partial charge in [0.2, 0.25) is 0 Å². The molecule has 0 heterocycles. The zero-order chi connectivity index (χ0) is 16.4. The average Bonchev–Trinajstić information content (AvgIpc) is 3.06. The zero-order valence-corrected chi connectivity index (χ0v) is 13.3. The van der Waals surface area contributed by atoms with Crippen LogP contribution in [0.25, 0.3) is 12.2 Å². The van der Waals surface area contributed by atoms with Crippen LogP contribution in [0, 0.1) is 0 Å². The number of aromatic hydroxyl groups is 2. The lowest BCUT2D eigenvalue weighted by Gasteiger charge is -2.31. The Morgan fingerprint density at radius 3 is 1.61 bits per heavy atom. The Balaban J connectivity index is 2.17. The van der Waals surface area contributed by atoms with Crippen LogP contribution in [0.5, 0.6) is 11.5 Å². The normalized spacial score (nSPS) is 16.2. The van der Waals surface area contributed by atoms with E-state index in [9.17, 15) is 10.2 Å². The average molecular weight is 306 g/mol. The van der Waals surface area contributed by atoms with E-state index >= 15 is 0 Å². The number of rotatable bonds is 4. The molecule has 23 heavy (non-hydrogen) atoms. The molecule has 0 unspecified atom stereocenters. The second-order valence-electron chi connectivity index (χ2n) is 6.24. The van der Waals surface area contributed by atoms with Crippen molar-refractivity contribution in [3.63, 3.8) is 0 Å². The van der Waals surface area contributed by atoms with Crippen LogP contribution in [0.2, 0.25) is 0 Å². The molecule has 0 saturated heterocycles. The highest BCUT2D eigenvalue weighted by molar-refractivity contribution is 5.61. The third-order valence-corrected chi connectivity index (χ3v) is 5.06. The van der Waals surface area contributed by atoms with Crippen LogP contribution in [0.15, 0.2) is 49.6 Å². The van der Waals surface area contributed by atoms with Crippen molar-refractivity contribution in [3.05, 3.63) is 71.8 Å². The molecule has 2 aromatic rings. The van der Waals surface area contributed by atoms with Gasteiger partial charge >= 0.3 is 0 Å². The number of phenolic OH excluding ortho intramolecular Hbond substituents is 2. The minimum absolute atomic E-state index is 0.0725. The first kappa shape index (κ1) is 15.4. The molecule has 0 amide bonds. The van der Waals surface area contributed by atoms with Crippen LogP contribution in [0.4, 0.5) is 0 Å². The van der Waals surface area contributed by atoms with Gasteiger partial charge in [-0.2, -0.15) is 0 Å². The summed E-state index contributed by atoms with van der Waals surface area (Å²) >= 11 is 0. The van der Waals surface area contributed by atoms with Crippen LogP contribution in [0.1, 0.15) is 47.9 Å². The SMILES string of the molecule is C=Cc1cc(C2(c3ccc(O)c(C=C)c3)CCCC2)ccc1O. The van der Waals surface area contributed by atoms with E-state index in [0.29, 0.717) is 0 Å². The fourth-order valence-electron chi connectivity index (χ4n) is 3.75. The molecule has 118 valence electrons. The van der Waals surface area contributed by atoms with Crippen molar-refractivity contribution in [1.82, 2.24) is 0 Å². The predicted octanol–water partition coefficient (Wildman–Crippen LogP) is 5.24. The molecule has 0 atom stereocenters. The van der Waals surface area contributed by atoms with Gasteiger partial charge in [-0.15, -0.1) is 0 Å². The Morgan fingerprint density at radius 1 is 0.783 bits per heavy atom. The molecular formula is C21H22O2. The molecule has 1 aliphatic carbocycles. The van der Waals surface area contributed by atoms with Gasteiger partial charge in [-0.1, -0.05) is 50.3 Å². The van der Waals surface area contributed by atoms with Gasteiger partial charge in [0.25, 0.3) is 0 Å². The molecule has 2 heteroatoms. The summed E-state index contributed by atoms with van der Waals surface area (Å²) in [4.78, 5) is 0. The summed E-state index contributed by atoms with van der Waals surface area (Å²) in [6.07, 6.45) is 7.86. The van der Waals surface area contributed by atoms with Crippen LogP contribution in [-0.4, -0.2) is 10.2 Å². The molecule has 0 radical (unpaired) electrons. The summed E-state index contributed by atoms with van der Waals surface area (Å²) in [5.41, 5.74) is 3.84. The van der Waals surface area contributed by atoms with E-state index in [1.807, 2.05) is 24.3 Å². The second-order valence-corrected chi connectivity index (χ2v) is 6.24. The predicted molar refractivity (Wildman–Crippen MR) is 95.6 cm³/mol. The monoisotopic (exact) mass is 306 g/mol. The van der Waals surface area contributed by atoms with Crippen LogP contribution in [-0.2, 0) is 5.41 Å². The maximum Gasteiger partial charge on any atom is 0.122 e. The number of phenols is 2. The highest BCUT2D eigenvalue weighted by Gasteiger charge is 2.37. The summed E-state index contributed by atoms with van der Waals surface area (Å²) in [6, 6.07) is 11.6. The van der Waals surface area contributed by atoms with Crippen molar-refractivity contribution >= 4 is 12.2 Å². The molecular weight excluding hydrogens is 284 g/mol. The quantitative estimate of drug-likeness (QED) is 0.810. The van der Waals surface area contributed by atoms with E-state index in [0.717, 1.165) is 24.0 Å². The van der Waals surface area contributed by atoms with Crippen molar-refractivity contribution in [1.29, 1.82) is 0 Å². The van der Waals surface area contributed by atoms with E-state index in [4.69, 9.17) is 0 Å². The van der Waals surface area contributed by atoms with E-state index in [-0.39, 0.29) is 16.9 Å². The van der Waals surface area contributed by atoms with Gasteiger partial charge < -0.3 is 10.2 Å². The van der Waals surface area contributed by atoms with Crippen molar-refractivity contribution in [2.24, 2.45) is 0 Å². The molecule has 1 fully saturated rings. The molecule has 2 N–H and O–H groups in total. The molecule has 0 aromatic heterocycles. The smallest absolute Gasteiger partial charge is 0.122 e. The van der Waals surface area contributed by atoms with Gasteiger partial charge in [0.1, 0.15) is 11.5 Å². The molecule has 1 saturated carbocycles. The number of benzene rings is 2. The Morgan fingerprint density at radius 2 is 1.22 bits per heavy atom. The van der Waals surface area contributed by atoms with Gasteiger partial charge in [-0.05, 0) is 48.2 Å². The first-order valence-corrected chi connectivity index (χ1v) is 8.02. The first-order chi connectivity index (χ1) is 11.1.